The first-order valence-corrected chi connectivity index (χ1v) is 6.19. The van der Waals surface area contributed by atoms with Gasteiger partial charge in [0.25, 0.3) is 0 Å². The maximum absolute atomic E-state index is 12.7. The highest BCUT2D eigenvalue weighted by Gasteiger charge is 2.31. The average Bonchev–Trinajstić information content (AvgIpc) is 2.86. The van der Waals surface area contributed by atoms with Gasteiger partial charge in [-0.25, -0.2) is 4.68 Å². The summed E-state index contributed by atoms with van der Waals surface area (Å²) in [6, 6.07) is 3.26. The second-order valence-electron chi connectivity index (χ2n) is 4.60. The molecule has 1 heterocycles. The smallest absolute Gasteiger partial charge is 0.323 e. The van der Waals surface area contributed by atoms with Crippen molar-refractivity contribution in [2.75, 3.05) is 0 Å². The van der Waals surface area contributed by atoms with Crippen LogP contribution in [-0.4, -0.2) is 15.0 Å². The average molecular weight is 284 g/mol. The van der Waals surface area contributed by atoms with E-state index in [4.69, 9.17) is 5.73 Å². The van der Waals surface area contributed by atoms with Gasteiger partial charge < -0.3 is 5.73 Å². The largest absolute Gasteiger partial charge is 0.416 e. The van der Waals surface area contributed by atoms with Crippen LogP contribution in [0.1, 0.15) is 36.2 Å². The highest BCUT2D eigenvalue weighted by atomic mass is 19.4. The quantitative estimate of drug-likeness (QED) is 0.942. The summed E-state index contributed by atoms with van der Waals surface area (Å²) in [7, 11) is 0. The Hall–Kier alpha value is -1.89. The molecule has 4 nitrogen and oxygen atoms in total. The van der Waals surface area contributed by atoms with E-state index in [0.717, 1.165) is 12.1 Å². The normalized spacial score (nSPS) is 13.5. The molecule has 20 heavy (non-hydrogen) atoms. The summed E-state index contributed by atoms with van der Waals surface area (Å²) in [5.74, 6) is 0. The van der Waals surface area contributed by atoms with Crippen LogP contribution >= 0.6 is 0 Å². The predicted octanol–water partition coefficient (Wildman–Crippen LogP) is 3.00. The lowest BCUT2D eigenvalue weighted by molar-refractivity contribution is -0.137. The van der Waals surface area contributed by atoms with Crippen LogP contribution in [0.4, 0.5) is 13.2 Å². The second-order valence-corrected chi connectivity index (χ2v) is 4.60. The van der Waals surface area contributed by atoms with Crippen LogP contribution in [0.3, 0.4) is 0 Å². The zero-order chi connectivity index (χ0) is 14.9. The number of alkyl halides is 3. The molecule has 0 amide bonds. The van der Waals surface area contributed by atoms with E-state index in [0.29, 0.717) is 23.4 Å². The van der Waals surface area contributed by atoms with Gasteiger partial charge in [0.2, 0.25) is 0 Å². The van der Waals surface area contributed by atoms with E-state index < -0.39 is 11.7 Å². The van der Waals surface area contributed by atoms with Crippen LogP contribution in [-0.2, 0) is 6.18 Å². The minimum Gasteiger partial charge on any atom is -0.323 e. The van der Waals surface area contributed by atoms with Gasteiger partial charge >= 0.3 is 6.18 Å². The van der Waals surface area contributed by atoms with Gasteiger partial charge in [0.15, 0.2) is 0 Å². The maximum Gasteiger partial charge on any atom is 0.416 e. The molecular weight excluding hydrogens is 269 g/mol. The van der Waals surface area contributed by atoms with Crippen molar-refractivity contribution < 1.29 is 13.2 Å². The number of benzene rings is 1. The molecule has 1 unspecified atom stereocenters. The van der Waals surface area contributed by atoms with Gasteiger partial charge in [-0.3, -0.25) is 0 Å². The third kappa shape index (κ3) is 2.82. The third-order valence-corrected chi connectivity index (χ3v) is 3.11. The van der Waals surface area contributed by atoms with Crippen molar-refractivity contribution in [1.82, 2.24) is 15.0 Å². The molecule has 0 radical (unpaired) electrons. The molecular formula is C13H15F3N4. The first-order chi connectivity index (χ1) is 9.32. The summed E-state index contributed by atoms with van der Waals surface area (Å²) in [5, 5.41) is 7.76. The third-order valence-electron chi connectivity index (χ3n) is 3.11. The molecule has 0 fully saturated rings. The standard InChI is InChI=1S/C13H15F3N4/c1-3-10(17)11-7-20(19-18-11)12-6-9(13(14,15)16)5-4-8(12)2/h4-7,10H,3,17H2,1-2H3. The molecule has 2 N–H and O–H groups in total. The fourth-order valence-corrected chi connectivity index (χ4v) is 1.81. The molecule has 0 aliphatic rings. The zero-order valence-electron chi connectivity index (χ0n) is 11.1. The number of nitrogens with two attached hydrogens (primary N) is 1. The lowest BCUT2D eigenvalue weighted by atomic mass is 10.1. The summed E-state index contributed by atoms with van der Waals surface area (Å²) >= 11 is 0. The number of hydrogen-bond acceptors (Lipinski definition) is 3. The Morgan fingerprint density at radius 2 is 2.05 bits per heavy atom. The van der Waals surface area contributed by atoms with Crippen LogP contribution in [0.5, 0.6) is 0 Å². The van der Waals surface area contributed by atoms with Crippen molar-refractivity contribution in [3.8, 4) is 5.69 Å². The highest BCUT2D eigenvalue weighted by Crippen LogP contribution is 2.31. The first kappa shape index (κ1) is 14.5. The summed E-state index contributed by atoms with van der Waals surface area (Å²) in [5.41, 5.74) is 6.70. The number of aryl methyl sites for hydroxylation is 1. The van der Waals surface area contributed by atoms with Crippen molar-refractivity contribution in [1.29, 1.82) is 0 Å². The molecule has 0 spiro atoms. The number of rotatable bonds is 3. The maximum atomic E-state index is 12.7. The topological polar surface area (TPSA) is 56.7 Å². The Labute approximate surface area is 114 Å². The van der Waals surface area contributed by atoms with Gasteiger partial charge in [0.05, 0.1) is 29.2 Å². The fourth-order valence-electron chi connectivity index (χ4n) is 1.81. The lowest BCUT2D eigenvalue weighted by Crippen LogP contribution is -2.09. The van der Waals surface area contributed by atoms with Gasteiger partial charge in [0.1, 0.15) is 0 Å². The highest BCUT2D eigenvalue weighted by molar-refractivity contribution is 5.43. The number of hydrogen-bond donors (Lipinski definition) is 1. The van der Waals surface area contributed by atoms with Gasteiger partial charge in [-0.1, -0.05) is 18.2 Å². The van der Waals surface area contributed by atoms with E-state index in [-0.39, 0.29) is 6.04 Å². The van der Waals surface area contributed by atoms with E-state index in [9.17, 15) is 13.2 Å². The molecule has 2 aromatic rings. The Kier molecular flexibility index (Phi) is 3.80. The van der Waals surface area contributed by atoms with E-state index in [1.54, 1.807) is 13.1 Å². The van der Waals surface area contributed by atoms with Gasteiger partial charge in [-0.2, -0.15) is 13.2 Å². The van der Waals surface area contributed by atoms with Gasteiger partial charge in [0, 0.05) is 0 Å². The van der Waals surface area contributed by atoms with Crippen molar-refractivity contribution in [3.05, 3.63) is 41.2 Å². The Morgan fingerprint density at radius 3 is 2.65 bits per heavy atom. The monoisotopic (exact) mass is 284 g/mol. The molecule has 0 saturated heterocycles. The minimum absolute atomic E-state index is 0.269. The van der Waals surface area contributed by atoms with Crippen LogP contribution in [0.2, 0.25) is 0 Å². The molecule has 108 valence electrons. The summed E-state index contributed by atoms with van der Waals surface area (Å²) < 4.78 is 39.5. The first-order valence-electron chi connectivity index (χ1n) is 6.19. The summed E-state index contributed by atoms with van der Waals surface area (Å²) in [4.78, 5) is 0. The molecule has 1 aromatic heterocycles. The number of aromatic nitrogens is 3. The second kappa shape index (κ2) is 5.24. The lowest BCUT2D eigenvalue weighted by Gasteiger charge is -2.11. The molecule has 0 aliphatic heterocycles. The molecule has 1 atom stereocenters. The van der Waals surface area contributed by atoms with Crippen molar-refractivity contribution in [2.45, 2.75) is 32.5 Å². The minimum atomic E-state index is -4.38. The fraction of sp³-hybridized carbons (Fsp3) is 0.385. The molecule has 0 saturated carbocycles. The Morgan fingerprint density at radius 1 is 1.35 bits per heavy atom. The van der Waals surface area contributed by atoms with Gasteiger partial charge in [-0.15, -0.1) is 5.10 Å². The molecule has 2 rings (SSSR count). The van der Waals surface area contributed by atoms with Crippen LogP contribution < -0.4 is 5.73 Å². The molecule has 0 bridgehead atoms. The Balaban J connectivity index is 2.44. The Bertz CT molecular complexity index is 604. The van der Waals surface area contributed by atoms with Crippen molar-refractivity contribution in [2.24, 2.45) is 5.73 Å². The molecule has 7 heteroatoms. The number of nitrogens with zero attached hydrogens (tertiary/aromatic N) is 3. The predicted molar refractivity (Wildman–Crippen MR) is 68.3 cm³/mol. The van der Waals surface area contributed by atoms with Crippen LogP contribution in [0.15, 0.2) is 24.4 Å². The summed E-state index contributed by atoms with van der Waals surface area (Å²) in [6.45, 7) is 3.62. The van der Waals surface area contributed by atoms with E-state index in [1.807, 2.05) is 6.92 Å². The molecule has 0 aliphatic carbocycles. The van der Waals surface area contributed by atoms with Crippen molar-refractivity contribution >= 4 is 0 Å². The SMILES string of the molecule is CCC(N)c1cn(-c2cc(C(F)(F)F)ccc2C)nn1. The van der Waals surface area contributed by atoms with E-state index in [2.05, 4.69) is 10.3 Å². The summed E-state index contributed by atoms with van der Waals surface area (Å²) in [6.07, 6.45) is -2.14. The zero-order valence-corrected chi connectivity index (χ0v) is 11.1. The van der Waals surface area contributed by atoms with Gasteiger partial charge in [-0.05, 0) is 31.0 Å². The van der Waals surface area contributed by atoms with Crippen LogP contribution in [0.25, 0.3) is 5.69 Å². The number of halogens is 3. The van der Waals surface area contributed by atoms with Crippen molar-refractivity contribution in [3.63, 3.8) is 0 Å². The van der Waals surface area contributed by atoms with E-state index in [1.165, 1.54) is 10.7 Å². The molecule has 1 aromatic carbocycles. The van der Waals surface area contributed by atoms with E-state index >= 15 is 0 Å². The van der Waals surface area contributed by atoms with Crippen LogP contribution in [0, 0.1) is 6.92 Å².